The van der Waals surface area contributed by atoms with E-state index < -0.39 is 26.7 Å². The molecule has 2 aromatic rings. The van der Waals surface area contributed by atoms with Crippen LogP contribution in [0.5, 0.6) is 0 Å². The first kappa shape index (κ1) is 16.8. The molecule has 0 spiro atoms. The lowest BCUT2D eigenvalue weighted by molar-refractivity contribution is -0.137. The maximum atomic E-state index is 12.8. The molecule has 0 aliphatic carbocycles. The van der Waals surface area contributed by atoms with Crippen molar-refractivity contribution in [3.05, 3.63) is 53.2 Å². The van der Waals surface area contributed by atoms with Gasteiger partial charge in [0.25, 0.3) is 0 Å². The molecule has 2 N–H and O–H groups in total. The maximum Gasteiger partial charge on any atom is 0.416 e. The predicted octanol–water partition coefficient (Wildman–Crippen LogP) is 2.57. The van der Waals surface area contributed by atoms with E-state index in [1.54, 1.807) is 0 Å². The Kier molecular flexibility index (Phi) is 4.34. The molecule has 7 nitrogen and oxygen atoms in total. The summed E-state index contributed by atoms with van der Waals surface area (Å²) in [5.74, 6) is 0. The summed E-state index contributed by atoms with van der Waals surface area (Å²) in [5, 5.41) is 8.10. The zero-order valence-corrected chi connectivity index (χ0v) is 12.0. The van der Waals surface area contributed by atoms with Crippen LogP contribution in [0.15, 0.2) is 52.9 Å². The number of sulfonamides is 1. The van der Waals surface area contributed by atoms with Crippen LogP contribution in [0.25, 0.3) is 0 Å². The van der Waals surface area contributed by atoms with Gasteiger partial charge < -0.3 is 0 Å². The SMILES string of the molecule is NS(=O)(=O)c1cnccc1N(N=O)c1cccc(C(F)(F)F)c1. The van der Waals surface area contributed by atoms with Gasteiger partial charge in [-0.05, 0) is 24.3 Å². The second kappa shape index (κ2) is 5.93. The van der Waals surface area contributed by atoms with E-state index in [1.165, 1.54) is 6.07 Å². The molecular formula is C12H9F3N4O3S. The van der Waals surface area contributed by atoms with Gasteiger partial charge in [0.1, 0.15) is 4.90 Å². The number of halogens is 3. The second-order valence-electron chi connectivity index (χ2n) is 4.33. The Hall–Kier alpha value is -2.53. The highest BCUT2D eigenvalue weighted by Crippen LogP contribution is 2.35. The number of hydrogen-bond donors (Lipinski definition) is 1. The first-order chi connectivity index (χ1) is 10.6. The van der Waals surface area contributed by atoms with E-state index in [4.69, 9.17) is 5.14 Å². The zero-order valence-electron chi connectivity index (χ0n) is 11.2. The van der Waals surface area contributed by atoms with Gasteiger partial charge in [-0.3, -0.25) is 4.98 Å². The molecule has 1 aromatic carbocycles. The minimum Gasteiger partial charge on any atom is -0.263 e. The lowest BCUT2D eigenvalue weighted by atomic mass is 10.2. The van der Waals surface area contributed by atoms with Gasteiger partial charge in [-0.2, -0.15) is 18.2 Å². The Morgan fingerprint density at radius 1 is 1.22 bits per heavy atom. The molecule has 0 aliphatic rings. The molecule has 0 bridgehead atoms. The van der Waals surface area contributed by atoms with Crippen molar-refractivity contribution in [1.29, 1.82) is 0 Å². The van der Waals surface area contributed by atoms with Crippen LogP contribution in [0, 0.1) is 4.91 Å². The number of benzene rings is 1. The molecule has 0 unspecified atom stereocenters. The quantitative estimate of drug-likeness (QED) is 0.676. The Labute approximate surface area is 128 Å². The van der Waals surface area contributed by atoms with Gasteiger partial charge in [0.2, 0.25) is 10.0 Å². The summed E-state index contributed by atoms with van der Waals surface area (Å²) in [6, 6.07) is 4.80. The van der Waals surface area contributed by atoms with E-state index in [2.05, 4.69) is 10.3 Å². The molecule has 0 aliphatic heterocycles. The number of alkyl halides is 3. The first-order valence-electron chi connectivity index (χ1n) is 5.92. The molecule has 0 fully saturated rings. The van der Waals surface area contributed by atoms with Gasteiger partial charge in [0, 0.05) is 12.4 Å². The average Bonchev–Trinajstić information content (AvgIpc) is 2.47. The van der Waals surface area contributed by atoms with Gasteiger partial charge in [-0.25, -0.2) is 13.6 Å². The van der Waals surface area contributed by atoms with Crippen LogP contribution >= 0.6 is 0 Å². The van der Waals surface area contributed by atoms with Crippen molar-refractivity contribution in [3.8, 4) is 0 Å². The van der Waals surface area contributed by atoms with Crippen LogP contribution in [0.3, 0.4) is 0 Å². The summed E-state index contributed by atoms with van der Waals surface area (Å²) in [6.45, 7) is 0. The largest absolute Gasteiger partial charge is 0.416 e. The van der Waals surface area contributed by atoms with E-state index >= 15 is 0 Å². The molecule has 11 heteroatoms. The molecule has 0 saturated carbocycles. The van der Waals surface area contributed by atoms with Crippen LogP contribution in [-0.2, 0) is 16.2 Å². The number of nitrogens with two attached hydrogens (primary N) is 1. The second-order valence-corrected chi connectivity index (χ2v) is 5.86. The Balaban J connectivity index is 2.61. The van der Waals surface area contributed by atoms with Gasteiger partial charge in [-0.1, -0.05) is 6.07 Å². The third-order valence-electron chi connectivity index (χ3n) is 2.80. The number of pyridine rings is 1. The van der Waals surface area contributed by atoms with Gasteiger partial charge in [-0.15, -0.1) is 4.91 Å². The average molecular weight is 346 g/mol. The molecule has 0 atom stereocenters. The molecular weight excluding hydrogens is 337 g/mol. The minimum absolute atomic E-state index is 0.272. The van der Waals surface area contributed by atoms with Crippen LogP contribution in [0.2, 0.25) is 0 Å². The molecule has 122 valence electrons. The van der Waals surface area contributed by atoms with Crippen LogP contribution in [0.1, 0.15) is 5.56 Å². The lowest BCUT2D eigenvalue weighted by Crippen LogP contribution is -2.18. The number of nitroso groups, excluding NO2 is 1. The number of anilines is 2. The van der Waals surface area contributed by atoms with Crippen LogP contribution < -0.4 is 10.1 Å². The maximum absolute atomic E-state index is 12.8. The van der Waals surface area contributed by atoms with Gasteiger partial charge in [0.15, 0.2) is 0 Å². The first-order valence-corrected chi connectivity index (χ1v) is 7.46. The number of hydrogen-bond acceptors (Lipinski definition) is 5. The fraction of sp³-hybridized carbons (Fsp3) is 0.0833. The van der Waals surface area contributed by atoms with E-state index in [-0.39, 0.29) is 11.4 Å². The molecule has 0 amide bonds. The Morgan fingerprint density at radius 2 is 1.91 bits per heavy atom. The van der Waals surface area contributed by atoms with Crippen molar-refractivity contribution in [3.63, 3.8) is 0 Å². The fourth-order valence-electron chi connectivity index (χ4n) is 1.81. The molecule has 2 rings (SSSR count). The standard InChI is InChI=1S/C12H9F3N4O3S/c13-12(14,15)8-2-1-3-9(6-8)19(18-20)10-4-5-17-7-11(10)23(16,21)22/h1-7H,(H2,16,21,22). The highest BCUT2D eigenvalue weighted by Gasteiger charge is 2.31. The van der Waals surface area contributed by atoms with Gasteiger partial charge in [0.05, 0.1) is 22.2 Å². The van der Waals surface area contributed by atoms with Crippen molar-refractivity contribution >= 4 is 21.4 Å². The van der Waals surface area contributed by atoms with Crippen LogP contribution in [-0.4, -0.2) is 13.4 Å². The predicted molar refractivity (Wildman–Crippen MR) is 75.0 cm³/mol. The zero-order chi connectivity index (χ0) is 17.3. The number of nitrogens with zero attached hydrogens (tertiary/aromatic N) is 3. The molecule has 1 aromatic heterocycles. The van der Waals surface area contributed by atoms with E-state index in [0.717, 1.165) is 30.6 Å². The molecule has 0 radical (unpaired) electrons. The van der Waals surface area contributed by atoms with Crippen molar-refractivity contribution in [2.75, 3.05) is 5.01 Å². The Bertz CT molecular complexity index is 839. The van der Waals surface area contributed by atoms with Crippen molar-refractivity contribution in [1.82, 2.24) is 4.98 Å². The summed E-state index contributed by atoms with van der Waals surface area (Å²) in [5.41, 5.74) is -1.60. The number of aromatic nitrogens is 1. The summed E-state index contributed by atoms with van der Waals surface area (Å²) in [4.78, 5) is 14.1. The molecule has 1 heterocycles. The lowest BCUT2D eigenvalue weighted by Gasteiger charge is -2.18. The topological polar surface area (TPSA) is 106 Å². The van der Waals surface area contributed by atoms with E-state index in [9.17, 15) is 26.5 Å². The Morgan fingerprint density at radius 3 is 2.48 bits per heavy atom. The fourth-order valence-corrected chi connectivity index (χ4v) is 2.46. The van der Waals surface area contributed by atoms with Crippen molar-refractivity contribution < 1.29 is 21.6 Å². The number of primary sulfonamides is 1. The van der Waals surface area contributed by atoms with Crippen molar-refractivity contribution in [2.24, 2.45) is 10.4 Å². The monoisotopic (exact) mass is 346 g/mol. The van der Waals surface area contributed by atoms with E-state index in [0.29, 0.717) is 11.1 Å². The smallest absolute Gasteiger partial charge is 0.263 e. The third-order valence-corrected chi connectivity index (χ3v) is 3.72. The highest BCUT2D eigenvalue weighted by molar-refractivity contribution is 7.89. The van der Waals surface area contributed by atoms with Crippen LogP contribution in [0.4, 0.5) is 24.5 Å². The summed E-state index contributed by atoms with van der Waals surface area (Å²) < 4.78 is 61.3. The number of rotatable bonds is 4. The molecule has 0 saturated heterocycles. The summed E-state index contributed by atoms with van der Waals surface area (Å²) in [7, 11) is -4.26. The van der Waals surface area contributed by atoms with Gasteiger partial charge >= 0.3 is 6.18 Å². The highest BCUT2D eigenvalue weighted by atomic mass is 32.2. The van der Waals surface area contributed by atoms with Crippen molar-refractivity contribution in [2.45, 2.75) is 11.1 Å². The van der Waals surface area contributed by atoms with E-state index in [1.807, 2.05) is 0 Å². The summed E-state index contributed by atoms with van der Waals surface area (Å²) in [6.07, 6.45) is -2.61. The summed E-state index contributed by atoms with van der Waals surface area (Å²) >= 11 is 0. The third kappa shape index (κ3) is 3.63. The molecule has 23 heavy (non-hydrogen) atoms. The minimum atomic E-state index is -4.63. The normalized spacial score (nSPS) is 12.0.